The van der Waals surface area contributed by atoms with Gasteiger partial charge in [0.05, 0.1) is 0 Å². The van der Waals surface area contributed by atoms with Crippen molar-refractivity contribution < 1.29 is 0 Å². The minimum atomic E-state index is 0.837. The summed E-state index contributed by atoms with van der Waals surface area (Å²) in [5.74, 6) is 0. The average Bonchev–Trinajstić information content (AvgIpc) is 2.34. The predicted octanol–water partition coefficient (Wildman–Crippen LogP) is 5.55. The van der Waals surface area contributed by atoms with Gasteiger partial charge in [0, 0.05) is 10.6 Å². The highest BCUT2D eigenvalue weighted by molar-refractivity contribution is 6.33. The lowest BCUT2D eigenvalue weighted by Gasteiger charge is -2.16. The Kier molecular flexibility index (Phi) is 3.49. The van der Waals surface area contributed by atoms with Crippen LogP contribution in [0.25, 0.3) is 11.1 Å². The SMILES string of the molecule is Cc1ccc(-c2c(Cl)ccc(C)c2C)c(C)c1C. The van der Waals surface area contributed by atoms with Crippen LogP contribution in [0.1, 0.15) is 27.8 Å². The Morgan fingerprint density at radius 2 is 1.22 bits per heavy atom. The molecule has 0 radical (unpaired) electrons. The lowest BCUT2D eigenvalue weighted by molar-refractivity contribution is 1.25. The fourth-order valence-corrected chi connectivity index (χ4v) is 2.65. The van der Waals surface area contributed by atoms with Crippen LogP contribution in [-0.4, -0.2) is 0 Å². The molecule has 0 fully saturated rings. The summed E-state index contributed by atoms with van der Waals surface area (Å²) >= 11 is 6.40. The van der Waals surface area contributed by atoms with Crippen molar-refractivity contribution in [1.82, 2.24) is 0 Å². The van der Waals surface area contributed by atoms with Crippen molar-refractivity contribution in [3.8, 4) is 11.1 Å². The molecule has 0 nitrogen and oxygen atoms in total. The summed E-state index contributed by atoms with van der Waals surface area (Å²) < 4.78 is 0. The Morgan fingerprint density at radius 1 is 0.667 bits per heavy atom. The van der Waals surface area contributed by atoms with E-state index in [9.17, 15) is 0 Å². The number of benzene rings is 2. The van der Waals surface area contributed by atoms with E-state index in [1.165, 1.54) is 38.9 Å². The van der Waals surface area contributed by atoms with Crippen molar-refractivity contribution in [1.29, 1.82) is 0 Å². The van der Waals surface area contributed by atoms with Crippen LogP contribution >= 0.6 is 11.6 Å². The van der Waals surface area contributed by atoms with Crippen LogP contribution in [0, 0.1) is 34.6 Å². The standard InChI is InChI=1S/C17H19Cl/c1-10-6-8-15(14(5)12(10)3)17-13(4)11(2)7-9-16(17)18/h6-9H,1-5H3. The molecular formula is C17H19Cl. The van der Waals surface area contributed by atoms with Crippen molar-refractivity contribution in [2.75, 3.05) is 0 Å². The largest absolute Gasteiger partial charge is 0.0837 e. The molecule has 18 heavy (non-hydrogen) atoms. The average molecular weight is 259 g/mol. The molecule has 2 aromatic carbocycles. The van der Waals surface area contributed by atoms with Crippen molar-refractivity contribution in [3.63, 3.8) is 0 Å². The van der Waals surface area contributed by atoms with E-state index in [2.05, 4.69) is 52.8 Å². The zero-order chi connectivity index (χ0) is 13.4. The Labute approximate surface area is 115 Å². The van der Waals surface area contributed by atoms with E-state index in [1.54, 1.807) is 0 Å². The molecule has 0 aliphatic carbocycles. The second kappa shape index (κ2) is 4.78. The van der Waals surface area contributed by atoms with Gasteiger partial charge in [-0.2, -0.15) is 0 Å². The molecule has 1 heteroatoms. The van der Waals surface area contributed by atoms with E-state index in [4.69, 9.17) is 11.6 Å². The Hall–Kier alpha value is -1.27. The summed E-state index contributed by atoms with van der Waals surface area (Å²) in [6, 6.07) is 8.44. The number of rotatable bonds is 1. The van der Waals surface area contributed by atoms with Crippen LogP contribution in [0.4, 0.5) is 0 Å². The van der Waals surface area contributed by atoms with Crippen LogP contribution in [0.15, 0.2) is 24.3 Å². The van der Waals surface area contributed by atoms with E-state index >= 15 is 0 Å². The second-order valence-corrected chi connectivity index (χ2v) is 5.45. The maximum absolute atomic E-state index is 6.40. The highest BCUT2D eigenvalue weighted by atomic mass is 35.5. The molecule has 0 saturated heterocycles. The first-order chi connectivity index (χ1) is 8.43. The van der Waals surface area contributed by atoms with Crippen LogP contribution < -0.4 is 0 Å². The quantitative estimate of drug-likeness (QED) is 0.629. The maximum atomic E-state index is 6.40. The summed E-state index contributed by atoms with van der Waals surface area (Å²) in [4.78, 5) is 0. The first-order valence-corrected chi connectivity index (χ1v) is 6.64. The van der Waals surface area contributed by atoms with Crippen molar-refractivity contribution >= 4 is 11.6 Å². The van der Waals surface area contributed by atoms with Crippen LogP contribution in [0.5, 0.6) is 0 Å². The van der Waals surface area contributed by atoms with E-state index in [0.717, 1.165) is 5.02 Å². The molecule has 0 unspecified atom stereocenters. The number of hydrogen-bond donors (Lipinski definition) is 0. The fraction of sp³-hybridized carbons (Fsp3) is 0.294. The van der Waals surface area contributed by atoms with Crippen LogP contribution in [0.3, 0.4) is 0 Å². The Morgan fingerprint density at radius 3 is 1.89 bits per heavy atom. The summed E-state index contributed by atoms with van der Waals surface area (Å²) in [5, 5.41) is 0.837. The number of halogens is 1. The molecule has 0 spiro atoms. The zero-order valence-electron chi connectivity index (χ0n) is 11.7. The minimum Gasteiger partial charge on any atom is -0.0837 e. The first kappa shape index (κ1) is 13.2. The third kappa shape index (κ3) is 2.06. The molecule has 0 atom stereocenters. The zero-order valence-corrected chi connectivity index (χ0v) is 12.4. The topological polar surface area (TPSA) is 0 Å². The molecule has 2 rings (SSSR count). The van der Waals surface area contributed by atoms with Crippen molar-refractivity contribution in [2.45, 2.75) is 34.6 Å². The summed E-state index contributed by atoms with van der Waals surface area (Å²) in [6.45, 7) is 10.8. The van der Waals surface area contributed by atoms with Gasteiger partial charge in [-0.3, -0.25) is 0 Å². The smallest absolute Gasteiger partial charge is 0.0487 e. The van der Waals surface area contributed by atoms with E-state index < -0.39 is 0 Å². The third-order valence-corrected chi connectivity index (χ3v) is 4.33. The van der Waals surface area contributed by atoms with Gasteiger partial charge in [0.15, 0.2) is 0 Å². The molecule has 0 aromatic heterocycles. The molecular weight excluding hydrogens is 240 g/mol. The highest BCUT2D eigenvalue weighted by Crippen LogP contribution is 2.36. The van der Waals surface area contributed by atoms with Gasteiger partial charge in [0.2, 0.25) is 0 Å². The first-order valence-electron chi connectivity index (χ1n) is 6.26. The number of aryl methyl sites for hydroxylation is 2. The van der Waals surface area contributed by atoms with Gasteiger partial charge in [0.1, 0.15) is 0 Å². The van der Waals surface area contributed by atoms with Gasteiger partial charge in [-0.25, -0.2) is 0 Å². The summed E-state index contributed by atoms with van der Waals surface area (Å²) in [7, 11) is 0. The van der Waals surface area contributed by atoms with Gasteiger partial charge < -0.3 is 0 Å². The summed E-state index contributed by atoms with van der Waals surface area (Å²) in [6.07, 6.45) is 0. The predicted molar refractivity (Wildman–Crippen MR) is 80.6 cm³/mol. The molecule has 0 N–H and O–H groups in total. The third-order valence-electron chi connectivity index (χ3n) is 4.01. The summed E-state index contributed by atoms with van der Waals surface area (Å²) in [5.41, 5.74) is 9.00. The van der Waals surface area contributed by atoms with Gasteiger partial charge in [-0.1, -0.05) is 29.8 Å². The highest BCUT2D eigenvalue weighted by Gasteiger charge is 2.12. The van der Waals surface area contributed by atoms with Gasteiger partial charge in [-0.15, -0.1) is 0 Å². The van der Waals surface area contributed by atoms with E-state index in [-0.39, 0.29) is 0 Å². The van der Waals surface area contributed by atoms with Gasteiger partial charge in [-0.05, 0) is 74.1 Å². The minimum absolute atomic E-state index is 0.837. The molecule has 94 valence electrons. The number of hydrogen-bond acceptors (Lipinski definition) is 0. The molecule has 0 aliphatic rings. The Bertz CT molecular complexity index is 609. The van der Waals surface area contributed by atoms with Crippen molar-refractivity contribution in [3.05, 3.63) is 57.1 Å². The normalized spacial score (nSPS) is 10.8. The van der Waals surface area contributed by atoms with Gasteiger partial charge in [0.25, 0.3) is 0 Å². The van der Waals surface area contributed by atoms with Crippen LogP contribution in [0.2, 0.25) is 5.02 Å². The van der Waals surface area contributed by atoms with E-state index in [0.29, 0.717) is 0 Å². The lowest BCUT2D eigenvalue weighted by Crippen LogP contribution is -1.95. The molecule has 0 saturated carbocycles. The molecule has 2 aromatic rings. The molecule has 0 bridgehead atoms. The lowest BCUT2D eigenvalue weighted by atomic mass is 9.90. The molecule has 0 heterocycles. The maximum Gasteiger partial charge on any atom is 0.0487 e. The monoisotopic (exact) mass is 258 g/mol. The van der Waals surface area contributed by atoms with Crippen molar-refractivity contribution in [2.24, 2.45) is 0 Å². The van der Waals surface area contributed by atoms with Gasteiger partial charge >= 0.3 is 0 Å². The molecule has 0 aliphatic heterocycles. The fourth-order valence-electron chi connectivity index (χ4n) is 2.34. The van der Waals surface area contributed by atoms with Crippen LogP contribution in [-0.2, 0) is 0 Å². The van der Waals surface area contributed by atoms with E-state index in [1.807, 2.05) is 6.07 Å². The Balaban J connectivity index is 2.78. The second-order valence-electron chi connectivity index (χ2n) is 5.04. The molecule has 0 amide bonds.